The van der Waals surface area contributed by atoms with Crippen molar-refractivity contribution < 1.29 is 8.42 Å². The number of hydrogen-bond acceptors (Lipinski definition) is 4. The van der Waals surface area contributed by atoms with Gasteiger partial charge in [-0.15, -0.1) is 0 Å². The molecule has 0 amide bonds. The number of pyridine rings is 1. The van der Waals surface area contributed by atoms with Gasteiger partial charge in [-0.3, -0.25) is 9.71 Å². The second kappa shape index (κ2) is 5.06. The van der Waals surface area contributed by atoms with Crippen molar-refractivity contribution in [2.75, 3.05) is 17.8 Å². The van der Waals surface area contributed by atoms with Crippen LogP contribution < -0.4 is 15.2 Å². The highest BCUT2D eigenvalue weighted by molar-refractivity contribution is 7.90. The number of nitrogens with two attached hydrogens (primary N) is 1. The van der Waals surface area contributed by atoms with E-state index in [0.717, 1.165) is 5.69 Å². The molecule has 0 aromatic carbocycles. The Hall–Kier alpha value is -1.18. The van der Waals surface area contributed by atoms with Gasteiger partial charge in [-0.05, 0) is 19.1 Å². The zero-order valence-corrected chi connectivity index (χ0v) is 9.21. The van der Waals surface area contributed by atoms with E-state index in [1.165, 1.54) is 6.20 Å². The number of nitrogens with one attached hydrogen (secondary N) is 2. The highest BCUT2D eigenvalue weighted by atomic mass is 32.2. The fraction of sp³-hybridized carbons (Fsp3) is 0.375. The number of aromatic nitrogens is 1. The Balaban J connectivity index is 2.69. The highest BCUT2D eigenvalue weighted by Gasteiger charge is 2.07. The molecule has 15 heavy (non-hydrogen) atoms. The molecule has 1 aromatic rings. The third-order valence-corrected chi connectivity index (χ3v) is 2.67. The van der Waals surface area contributed by atoms with Crippen molar-refractivity contribution >= 4 is 15.9 Å². The molecule has 1 rings (SSSR count). The van der Waals surface area contributed by atoms with Crippen LogP contribution in [0.25, 0.3) is 0 Å². The van der Waals surface area contributed by atoms with Crippen molar-refractivity contribution in [1.29, 1.82) is 0 Å². The maximum absolute atomic E-state index is 11.4. The number of rotatable bonds is 5. The van der Waals surface area contributed by atoms with Crippen molar-refractivity contribution in [2.45, 2.75) is 6.92 Å². The van der Waals surface area contributed by atoms with E-state index in [2.05, 4.69) is 14.4 Å². The smallest absolute Gasteiger partial charge is 0.299 e. The fourth-order valence-electron chi connectivity index (χ4n) is 0.994. The van der Waals surface area contributed by atoms with Gasteiger partial charge in [0.2, 0.25) is 0 Å². The van der Waals surface area contributed by atoms with Gasteiger partial charge in [0.25, 0.3) is 10.2 Å². The van der Waals surface area contributed by atoms with Gasteiger partial charge >= 0.3 is 0 Å². The van der Waals surface area contributed by atoms with Gasteiger partial charge in [0, 0.05) is 25.0 Å². The molecule has 0 atom stereocenters. The average molecular weight is 230 g/mol. The fourth-order valence-corrected chi connectivity index (χ4v) is 1.89. The maximum Gasteiger partial charge on any atom is 0.299 e. The first-order valence-corrected chi connectivity index (χ1v) is 5.92. The second-order valence-electron chi connectivity index (χ2n) is 2.97. The second-order valence-corrected chi connectivity index (χ2v) is 4.47. The molecular weight excluding hydrogens is 216 g/mol. The molecular formula is C8H14N4O2S. The topological polar surface area (TPSA) is 97.1 Å². The standard InChI is InChI=1S/C8H14N4O2S/c1-7-6-8(2-4-10-7)12-15(13,14)11-5-3-9/h2,4,6,11H,3,5,9H2,1H3,(H,10,12). The average Bonchev–Trinajstić information content (AvgIpc) is 2.14. The number of nitrogens with zero attached hydrogens (tertiary/aromatic N) is 1. The zero-order valence-electron chi connectivity index (χ0n) is 8.40. The molecule has 0 unspecified atom stereocenters. The summed E-state index contributed by atoms with van der Waals surface area (Å²) in [6, 6.07) is 3.22. The summed E-state index contributed by atoms with van der Waals surface area (Å²) < 4.78 is 27.4. The molecule has 1 heterocycles. The molecule has 7 heteroatoms. The predicted molar refractivity (Wildman–Crippen MR) is 58.6 cm³/mol. The van der Waals surface area contributed by atoms with Gasteiger partial charge in [-0.25, -0.2) is 0 Å². The maximum atomic E-state index is 11.4. The van der Waals surface area contributed by atoms with Crippen LogP contribution in [-0.2, 0) is 10.2 Å². The molecule has 0 aliphatic heterocycles. The molecule has 0 spiro atoms. The zero-order chi connectivity index (χ0) is 11.3. The first-order chi connectivity index (χ1) is 7.03. The van der Waals surface area contributed by atoms with Crippen molar-refractivity contribution in [1.82, 2.24) is 9.71 Å². The summed E-state index contributed by atoms with van der Waals surface area (Å²) in [6.45, 7) is 2.25. The van der Waals surface area contributed by atoms with Gasteiger partial charge in [0.15, 0.2) is 0 Å². The van der Waals surface area contributed by atoms with E-state index >= 15 is 0 Å². The molecule has 84 valence electrons. The van der Waals surface area contributed by atoms with E-state index in [4.69, 9.17) is 5.73 Å². The summed E-state index contributed by atoms with van der Waals surface area (Å²) in [6.07, 6.45) is 1.54. The number of anilines is 1. The van der Waals surface area contributed by atoms with Crippen LogP contribution in [0.3, 0.4) is 0 Å². The molecule has 6 nitrogen and oxygen atoms in total. The Morgan fingerprint density at radius 1 is 1.53 bits per heavy atom. The monoisotopic (exact) mass is 230 g/mol. The first-order valence-electron chi connectivity index (χ1n) is 4.43. The van der Waals surface area contributed by atoms with Crippen molar-refractivity contribution in [3.63, 3.8) is 0 Å². The van der Waals surface area contributed by atoms with Crippen LogP contribution in [0.15, 0.2) is 18.3 Å². The van der Waals surface area contributed by atoms with E-state index in [1.54, 1.807) is 19.1 Å². The molecule has 0 aliphatic rings. The van der Waals surface area contributed by atoms with Crippen LogP contribution in [0.2, 0.25) is 0 Å². The summed E-state index contributed by atoms with van der Waals surface area (Å²) in [7, 11) is -3.52. The Morgan fingerprint density at radius 2 is 2.27 bits per heavy atom. The number of hydrogen-bond donors (Lipinski definition) is 3. The van der Waals surface area contributed by atoms with Gasteiger partial charge in [-0.1, -0.05) is 0 Å². The van der Waals surface area contributed by atoms with E-state index in [9.17, 15) is 8.42 Å². The molecule has 0 radical (unpaired) electrons. The Morgan fingerprint density at radius 3 is 2.87 bits per heavy atom. The van der Waals surface area contributed by atoms with Crippen LogP contribution in [-0.4, -0.2) is 26.5 Å². The summed E-state index contributed by atoms with van der Waals surface area (Å²) in [5.74, 6) is 0. The van der Waals surface area contributed by atoms with Crippen LogP contribution in [0, 0.1) is 6.92 Å². The lowest BCUT2D eigenvalue weighted by Crippen LogP contribution is -2.33. The molecule has 0 saturated carbocycles. The van der Waals surface area contributed by atoms with E-state index in [0.29, 0.717) is 5.69 Å². The van der Waals surface area contributed by atoms with E-state index in [1.807, 2.05) is 0 Å². The van der Waals surface area contributed by atoms with Crippen LogP contribution in [0.4, 0.5) is 5.69 Å². The van der Waals surface area contributed by atoms with Crippen molar-refractivity contribution in [2.24, 2.45) is 5.73 Å². The Kier molecular flexibility index (Phi) is 4.01. The van der Waals surface area contributed by atoms with Crippen LogP contribution >= 0.6 is 0 Å². The van der Waals surface area contributed by atoms with Crippen molar-refractivity contribution in [3.8, 4) is 0 Å². The Bertz CT molecular complexity index is 418. The predicted octanol–water partition coefficient (Wildman–Crippen LogP) is -0.405. The summed E-state index contributed by atoms with van der Waals surface area (Å²) in [5.41, 5.74) is 6.41. The molecule has 1 aromatic heterocycles. The molecule has 0 aliphatic carbocycles. The van der Waals surface area contributed by atoms with E-state index in [-0.39, 0.29) is 13.1 Å². The van der Waals surface area contributed by atoms with Gasteiger partial charge in [0.1, 0.15) is 0 Å². The number of aryl methyl sites for hydroxylation is 1. The molecule has 4 N–H and O–H groups in total. The minimum absolute atomic E-state index is 0.208. The quantitative estimate of drug-likeness (QED) is 0.641. The first kappa shape index (κ1) is 11.9. The largest absolute Gasteiger partial charge is 0.329 e. The third kappa shape index (κ3) is 4.24. The van der Waals surface area contributed by atoms with E-state index < -0.39 is 10.2 Å². The summed E-state index contributed by atoms with van der Waals surface area (Å²) in [4.78, 5) is 3.96. The lowest BCUT2D eigenvalue weighted by atomic mass is 10.3. The lowest BCUT2D eigenvalue weighted by molar-refractivity contribution is 0.587. The van der Waals surface area contributed by atoms with Gasteiger partial charge in [-0.2, -0.15) is 13.1 Å². The Labute approximate surface area is 89.1 Å². The normalized spacial score (nSPS) is 11.3. The minimum Gasteiger partial charge on any atom is -0.329 e. The lowest BCUT2D eigenvalue weighted by Gasteiger charge is -2.08. The van der Waals surface area contributed by atoms with Gasteiger partial charge in [0.05, 0.1) is 5.69 Å². The van der Waals surface area contributed by atoms with Crippen LogP contribution in [0.5, 0.6) is 0 Å². The highest BCUT2D eigenvalue weighted by Crippen LogP contribution is 2.08. The minimum atomic E-state index is -3.52. The molecule has 0 fully saturated rings. The van der Waals surface area contributed by atoms with Crippen molar-refractivity contribution in [3.05, 3.63) is 24.0 Å². The summed E-state index contributed by atoms with van der Waals surface area (Å²) in [5, 5.41) is 0. The van der Waals surface area contributed by atoms with Crippen LogP contribution in [0.1, 0.15) is 5.69 Å². The third-order valence-electron chi connectivity index (χ3n) is 1.59. The molecule has 0 bridgehead atoms. The van der Waals surface area contributed by atoms with Gasteiger partial charge < -0.3 is 5.73 Å². The SMILES string of the molecule is Cc1cc(NS(=O)(=O)NCCN)ccn1. The summed E-state index contributed by atoms with van der Waals surface area (Å²) >= 11 is 0. The molecule has 0 saturated heterocycles.